The van der Waals surface area contributed by atoms with Crippen molar-refractivity contribution >= 4 is 39.0 Å². The van der Waals surface area contributed by atoms with Crippen LogP contribution in [0.1, 0.15) is 24.2 Å². The van der Waals surface area contributed by atoms with E-state index in [9.17, 15) is 18.0 Å². The molecule has 0 aliphatic carbocycles. The van der Waals surface area contributed by atoms with Gasteiger partial charge in [0.1, 0.15) is 5.75 Å². The summed E-state index contributed by atoms with van der Waals surface area (Å²) >= 11 is 0. The summed E-state index contributed by atoms with van der Waals surface area (Å²) in [6, 6.07) is 8.74. The summed E-state index contributed by atoms with van der Waals surface area (Å²) in [7, 11) is -4.01. The summed E-state index contributed by atoms with van der Waals surface area (Å²) in [5.41, 5.74) is 1.21. The molecular formula is C19H21N3O6S. The Hall–Kier alpha value is -3.27. The second kappa shape index (κ2) is 8.39. The number of esters is 1. The molecule has 10 heteroatoms. The van der Waals surface area contributed by atoms with Crippen LogP contribution in [0.5, 0.6) is 5.75 Å². The SMILES string of the molecule is CCNc1ccc(C(=O)OCC)cc1NS(=O)(=O)c1ccc2c(c1)NC(=O)CO2. The van der Waals surface area contributed by atoms with E-state index >= 15 is 0 Å². The third kappa shape index (κ3) is 4.60. The Morgan fingerprint density at radius 1 is 1.17 bits per heavy atom. The van der Waals surface area contributed by atoms with Crippen molar-refractivity contribution in [1.82, 2.24) is 0 Å². The molecule has 154 valence electrons. The van der Waals surface area contributed by atoms with Crippen LogP contribution in [0.15, 0.2) is 41.3 Å². The van der Waals surface area contributed by atoms with Crippen molar-refractivity contribution in [3.05, 3.63) is 42.0 Å². The van der Waals surface area contributed by atoms with Crippen LogP contribution in [0.25, 0.3) is 0 Å². The van der Waals surface area contributed by atoms with E-state index in [1.165, 1.54) is 24.3 Å². The highest BCUT2D eigenvalue weighted by Gasteiger charge is 2.22. The molecule has 1 aliphatic heterocycles. The minimum absolute atomic E-state index is 0.0639. The van der Waals surface area contributed by atoms with Crippen LogP contribution in [-0.4, -0.2) is 40.1 Å². The van der Waals surface area contributed by atoms with E-state index in [0.29, 0.717) is 18.0 Å². The van der Waals surface area contributed by atoms with Gasteiger partial charge in [0.2, 0.25) is 0 Å². The average molecular weight is 419 g/mol. The summed E-state index contributed by atoms with van der Waals surface area (Å²) in [5, 5.41) is 5.62. The highest BCUT2D eigenvalue weighted by atomic mass is 32.2. The molecule has 0 spiro atoms. The van der Waals surface area contributed by atoms with Crippen LogP contribution < -0.4 is 20.1 Å². The Kier molecular flexibility index (Phi) is 5.92. The number of benzene rings is 2. The quantitative estimate of drug-likeness (QED) is 0.589. The van der Waals surface area contributed by atoms with Gasteiger partial charge in [0, 0.05) is 6.54 Å². The molecule has 1 heterocycles. The molecule has 0 atom stereocenters. The lowest BCUT2D eigenvalue weighted by Crippen LogP contribution is -2.25. The van der Waals surface area contributed by atoms with Crippen molar-refractivity contribution < 1.29 is 27.5 Å². The van der Waals surface area contributed by atoms with Gasteiger partial charge in [-0.15, -0.1) is 0 Å². The molecule has 0 unspecified atom stereocenters. The second-order valence-electron chi connectivity index (χ2n) is 6.11. The molecule has 1 amide bonds. The first-order chi connectivity index (χ1) is 13.8. The summed E-state index contributed by atoms with van der Waals surface area (Å²) in [4.78, 5) is 23.5. The molecule has 0 saturated carbocycles. The van der Waals surface area contributed by atoms with Gasteiger partial charge in [-0.05, 0) is 50.2 Å². The Morgan fingerprint density at radius 3 is 2.69 bits per heavy atom. The van der Waals surface area contributed by atoms with Crippen molar-refractivity contribution in [2.24, 2.45) is 0 Å². The van der Waals surface area contributed by atoms with Gasteiger partial charge < -0.3 is 20.1 Å². The number of nitrogens with one attached hydrogen (secondary N) is 3. The number of anilines is 3. The minimum Gasteiger partial charge on any atom is -0.482 e. The number of hydrogen-bond donors (Lipinski definition) is 3. The molecular weight excluding hydrogens is 398 g/mol. The van der Waals surface area contributed by atoms with Gasteiger partial charge in [-0.3, -0.25) is 9.52 Å². The third-order valence-corrected chi connectivity index (χ3v) is 5.40. The number of sulfonamides is 1. The smallest absolute Gasteiger partial charge is 0.338 e. The lowest BCUT2D eigenvalue weighted by molar-refractivity contribution is -0.118. The number of hydrogen-bond acceptors (Lipinski definition) is 7. The maximum absolute atomic E-state index is 12.9. The van der Waals surface area contributed by atoms with Crippen LogP contribution in [0.4, 0.5) is 17.1 Å². The summed E-state index contributed by atoms with van der Waals surface area (Å²) < 4.78 is 38.6. The van der Waals surface area contributed by atoms with Crippen molar-refractivity contribution in [2.75, 3.05) is 35.1 Å². The van der Waals surface area contributed by atoms with Crippen LogP contribution >= 0.6 is 0 Å². The van der Waals surface area contributed by atoms with E-state index < -0.39 is 16.0 Å². The molecule has 3 rings (SSSR count). The Morgan fingerprint density at radius 2 is 1.97 bits per heavy atom. The van der Waals surface area contributed by atoms with Gasteiger partial charge in [-0.25, -0.2) is 13.2 Å². The maximum atomic E-state index is 12.9. The van der Waals surface area contributed by atoms with Crippen molar-refractivity contribution in [2.45, 2.75) is 18.7 Å². The van der Waals surface area contributed by atoms with Crippen molar-refractivity contribution in [3.63, 3.8) is 0 Å². The number of amides is 1. The zero-order valence-electron chi connectivity index (χ0n) is 15.9. The summed E-state index contributed by atoms with van der Waals surface area (Å²) in [6.45, 7) is 4.19. The lowest BCUT2D eigenvalue weighted by Gasteiger charge is -2.19. The zero-order chi connectivity index (χ0) is 21.0. The maximum Gasteiger partial charge on any atom is 0.338 e. The highest BCUT2D eigenvalue weighted by molar-refractivity contribution is 7.92. The van der Waals surface area contributed by atoms with Gasteiger partial charge in [0.15, 0.2) is 6.61 Å². The fraction of sp³-hybridized carbons (Fsp3) is 0.263. The summed E-state index contributed by atoms with van der Waals surface area (Å²) in [5.74, 6) is -0.526. The van der Waals surface area contributed by atoms with Crippen molar-refractivity contribution in [3.8, 4) is 5.75 Å². The van der Waals surface area contributed by atoms with Gasteiger partial charge in [-0.2, -0.15) is 0 Å². The van der Waals surface area contributed by atoms with Gasteiger partial charge >= 0.3 is 5.97 Å². The van der Waals surface area contributed by atoms with E-state index in [0.717, 1.165) is 0 Å². The molecule has 2 aromatic carbocycles. The molecule has 2 aromatic rings. The number of ether oxygens (including phenoxy) is 2. The van der Waals surface area contributed by atoms with Gasteiger partial charge in [0.25, 0.3) is 15.9 Å². The molecule has 0 bridgehead atoms. The zero-order valence-corrected chi connectivity index (χ0v) is 16.8. The topological polar surface area (TPSA) is 123 Å². The van der Waals surface area contributed by atoms with Crippen LogP contribution in [-0.2, 0) is 19.6 Å². The van der Waals surface area contributed by atoms with E-state index in [1.807, 2.05) is 6.92 Å². The predicted octanol–water partition coefficient (Wildman–Crippen LogP) is 2.43. The minimum atomic E-state index is -4.01. The van der Waals surface area contributed by atoms with Crippen molar-refractivity contribution in [1.29, 1.82) is 0 Å². The molecule has 1 aliphatic rings. The average Bonchev–Trinajstić information content (AvgIpc) is 2.68. The van der Waals surface area contributed by atoms with Crippen LogP contribution in [0.3, 0.4) is 0 Å². The molecule has 0 aromatic heterocycles. The van der Waals surface area contributed by atoms with Gasteiger partial charge in [0.05, 0.1) is 34.1 Å². The number of carbonyl (C=O) groups excluding carboxylic acids is 2. The number of carbonyl (C=O) groups is 2. The largest absolute Gasteiger partial charge is 0.482 e. The van der Waals surface area contributed by atoms with Gasteiger partial charge in [-0.1, -0.05) is 0 Å². The second-order valence-corrected chi connectivity index (χ2v) is 7.79. The van der Waals surface area contributed by atoms with E-state index in [1.54, 1.807) is 19.1 Å². The molecule has 9 nitrogen and oxygen atoms in total. The first kappa shape index (κ1) is 20.5. The Balaban J connectivity index is 1.95. The van der Waals surface area contributed by atoms with E-state index in [4.69, 9.17) is 9.47 Å². The fourth-order valence-electron chi connectivity index (χ4n) is 2.75. The van der Waals surface area contributed by atoms with E-state index in [2.05, 4.69) is 15.4 Å². The highest BCUT2D eigenvalue weighted by Crippen LogP contribution is 2.32. The number of rotatable bonds is 7. The fourth-order valence-corrected chi connectivity index (χ4v) is 3.84. The molecule has 29 heavy (non-hydrogen) atoms. The standard InChI is InChI=1S/C19H21N3O6S/c1-3-20-14-7-5-12(19(24)27-4-2)9-15(14)22-29(25,26)13-6-8-17-16(10-13)21-18(23)11-28-17/h5-10,20,22H,3-4,11H2,1-2H3,(H,21,23). The Bertz CT molecular complexity index is 1050. The first-order valence-corrected chi connectivity index (χ1v) is 10.5. The molecule has 0 saturated heterocycles. The summed E-state index contributed by atoms with van der Waals surface area (Å²) in [6.07, 6.45) is 0. The third-order valence-electron chi connectivity index (χ3n) is 4.04. The normalized spacial score (nSPS) is 13.0. The lowest BCUT2D eigenvalue weighted by atomic mass is 10.1. The molecule has 0 fully saturated rings. The number of fused-ring (bicyclic) bond motifs is 1. The molecule has 3 N–H and O–H groups in total. The Labute approximate surface area is 168 Å². The molecule has 0 radical (unpaired) electrons. The monoisotopic (exact) mass is 419 g/mol. The predicted molar refractivity (Wildman–Crippen MR) is 108 cm³/mol. The van der Waals surface area contributed by atoms with E-state index in [-0.39, 0.29) is 41.0 Å². The first-order valence-electron chi connectivity index (χ1n) is 8.98. The van der Waals surface area contributed by atoms with Crippen LogP contribution in [0, 0.1) is 0 Å². The van der Waals surface area contributed by atoms with Crippen LogP contribution in [0.2, 0.25) is 0 Å².